The van der Waals surface area contributed by atoms with Crippen molar-refractivity contribution < 1.29 is 19.1 Å². The quantitative estimate of drug-likeness (QED) is 0.787. The molecule has 0 radical (unpaired) electrons. The van der Waals surface area contributed by atoms with E-state index in [0.29, 0.717) is 23.7 Å². The fourth-order valence-electron chi connectivity index (χ4n) is 3.04. The van der Waals surface area contributed by atoms with Gasteiger partial charge in [-0.05, 0) is 49.7 Å². The molecule has 2 aromatic rings. The summed E-state index contributed by atoms with van der Waals surface area (Å²) in [6.07, 6.45) is 0. The summed E-state index contributed by atoms with van der Waals surface area (Å²) in [5, 5.41) is 2.89. The highest BCUT2D eigenvalue weighted by Gasteiger charge is 2.33. The Morgan fingerprint density at radius 1 is 1.33 bits per heavy atom. The zero-order valence-electron chi connectivity index (χ0n) is 15.4. The fraction of sp³-hybridized carbons (Fsp3) is 0.300. The van der Waals surface area contributed by atoms with E-state index in [-0.39, 0.29) is 18.4 Å². The van der Waals surface area contributed by atoms with Crippen LogP contribution in [0.1, 0.15) is 18.1 Å². The summed E-state index contributed by atoms with van der Waals surface area (Å²) in [5.41, 5.74) is 2.45. The van der Waals surface area contributed by atoms with Crippen LogP contribution in [0.5, 0.6) is 11.5 Å². The number of halogens is 1. The summed E-state index contributed by atoms with van der Waals surface area (Å²) in [5.74, 6) is 0.804. The first-order chi connectivity index (χ1) is 12.9. The van der Waals surface area contributed by atoms with Crippen LogP contribution < -0.4 is 19.7 Å². The number of methoxy groups -OCH3 is 1. The lowest BCUT2D eigenvalue weighted by molar-refractivity contribution is -0.127. The maximum atomic E-state index is 12.7. The first-order valence-electron chi connectivity index (χ1n) is 8.56. The van der Waals surface area contributed by atoms with E-state index in [4.69, 9.17) is 9.47 Å². The zero-order chi connectivity index (χ0) is 19.6. The van der Waals surface area contributed by atoms with Gasteiger partial charge < -0.3 is 14.8 Å². The molecule has 7 heteroatoms. The van der Waals surface area contributed by atoms with Crippen LogP contribution in [-0.4, -0.2) is 31.6 Å². The highest BCUT2D eigenvalue weighted by atomic mass is 79.9. The van der Waals surface area contributed by atoms with Gasteiger partial charge in [0.25, 0.3) is 5.91 Å². The third kappa shape index (κ3) is 4.08. The van der Waals surface area contributed by atoms with Crippen LogP contribution in [0.4, 0.5) is 5.69 Å². The summed E-state index contributed by atoms with van der Waals surface area (Å²) in [4.78, 5) is 26.7. The van der Waals surface area contributed by atoms with Gasteiger partial charge in [0.2, 0.25) is 5.91 Å². The molecule has 1 aliphatic rings. The third-order valence-corrected chi connectivity index (χ3v) is 4.95. The first-order valence-corrected chi connectivity index (χ1v) is 9.35. The maximum absolute atomic E-state index is 12.7. The Hall–Kier alpha value is -2.54. The Balaban J connectivity index is 1.77. The molecule has 1 atom stereocenters. The van der Waals surface area contributed by atoms with Crippen LogP contribution in [0.2, 0.25) is 0 Å². The minimum Gasteiger partial charge on any atom is -0.496 e. The van der Waals surface area contributed by atoms with Gasteiger partial charge in [0.05, 0.1) is 12.8 Å². The summed E-state index contributed by atoms with van der Waals surface area (Å²) in [6.45, 7) is 3.86. The Kier molecular flexibility index (Phi) is 5.70. The van der Waals surface area contributed by atoms with Gasteiger partial charge in [0.1, 0.15) is 17.5 Å². The highest BCUT2D eigenvalue weighted by molar-refractivity contribution is 9.10. The standard InChI is InChI=1S/C20H21BrN2O4/c1-12-4-6-18-16(8-12)23(19(24)11-27-18)13(2)20(25)22-10-14-9-15(21)5-7-17(14)26-3/h4-9,13H,10-11H2,1-3H3,(H,22,25)/t13-/m0/s1. The first kappa shape index (κ1) is 19.2. The van der Waals surface area contributed by atoms with Crippen molar-refractivity contribution in [2.75, 3.05) is 18.6 Å². The van der Waals surface area contributed by atoms with E-state index in [1.54, 1.807) is 14.0 Å². The molecule has 2 amide bonds. The number of anilines is 1. The minimum atomic E-state index is -0.667. The molecule has 2 aromatic carbocycles. The molecule has 1 heterocycles. The van der Waals surface area contributed by atoms with Crippen molar-refractivity contribution in [3.63, 3.8) is 0 Å². The molecule has 0 bridgehead atoms. The Morgan fingerprint density at radius 2 is 2.11 bits per heavy atom. The number of aryl methyl sites for hydroxylation is 1. The number of nitrogens with one attached hydrogen (secondary N) is 1. The van der Waals surface area contributed by atoms with Gasteiger partial charge in [-0.15, -0.1) is 0 Å². The van der Waals surface area contributed by atoms with Crippen LogP contribution in [0.15, 0.2) is 40.9 Å². The maximum Gasteiger partial charge on any atom is 0.265 e. The van der Waals surface area contributed by atoms with Gasteiger partial charge in [-0.2, -0.15) is 0 Å². The van der Waals surface area contributed by atoms with Crippen molar-refractivity contribution in [1.29, 1.82) is 0 Å². The largest absolute Gasteiger partial charge is 0.496 e. The molecular formula is C20H21BrN2O4. The van der Waals surface area contributed by atoms with Crippen molar-refractivity contribution in [3.8, 4) is 11.5 Å². The van der Waals surface area contributed by atoms with Crippen molar-refractivity contribution in [3.05, 3.63) is 52.0 Å². The molecule has 0 spiro atoms. The number of rotatable bonds is 5. The Bertz CT molecular complexity index is 884. The summed E-state index contributed by atoms with van der Waals surface area (Å²) in [6, 6.07) is 10.5. The predicted molar refractivity (Wildman–Crippen MR) is 106 cm³/mol. The molecule has 0 fully saturated rings. The Morgan fingerprint density at radius 3 is 2.85 bits per heavy atom. The molecule has 1 N–H and O–H groups in total. The molecule has 0 unspecified atom stereocenters. The lowest BCUT2D eigenvalue weighted by Crippen LogP contribution is -2.51. The van der Waals surface area contributed by atoms with Gasteiger partial charge >= 0.3 is 0 Å². The molecule has 1 aliphatic heterocycles. The monoisotopic (exact) mass is 432 g/mol. The molecule has 0 aromatic heterocycles. The molecule has 3 rings (SSSR count). The number of fused-ring (bicyclic) bond motifs is 1. The fourth-order valence-corrected chi connectivity index (χ4v) is 3.45. The number of amides is 2. The SMILES string of the molecule is COc1ccc(Br)cc1CNC(=O)[C@H](C)N1C(=O)COc2ccc(C)cc21. The number of nitrogens with zero attached hydrogens (tertiary/aromatic N) is 1. The second kappa shape index (κ2) is 8.00. The van der Waals surface area contributed by atoms with Gasteiger partial charge in [0, 0.05) is 16.6 Å². The summed E-state index contributed by atoms with van der Waals surface area (Å²) in [7, 11) is 1.59. The molecule has 27 heavy (non-hydrogen) atoms. The van der Waals surface area contributed by atoms with E-state index in [1.165, 1.54) is 4.90 Å². The van der Waals surface area contributed by atoms with E-state index in [0.717, 1.165) is 15.6 Å². The van der Waals surface area contributed by atoms with E-state index in [9.17, 15) is 9.59 Å². The normalized spacial score (nSPS) is 14.2. The van der Waals surface area contributed by atoms with E-state index in [1.807, 2.05) is 43.3 Å². The van der Waals surface area contributed by atoms with Crippen molar-refractivity contribution in [2.45, 2.75) is 26.4 Å². The third-order valence-electron chi connectivity index (χ3n) is 4.46. The number of hydrogen-bond donors (Lipinski definition) is 1. The topological polar surface area (TPSA) is 67.9 Å². The molecular weight excluding hydrogens is 412 g/mol. The van der Waals surface area contributed by atoms with Crippen LogP contribution in [0, 0.1) is 6.92 Å². The average Bonchev–Trinajstić information content (AvgIpc) is 2.65. The molecule has 142 valence electrons. The molecule has 0 saturated heterocycles. The number of ether oxygens (including phenoxy) is 2. The second-order valence-electron chi connectivity index (χ2n) is 6.37. The van der Waals surface area contributed by atoms with Crippen LogP contribution in [-0.2, 0) is 16.1 Å². The lowest BCUT2D eigenvalue weighted by atomic mass is 10.1. The number of carbonyl (C=O) groups is 2. The number of hydrogen-bond acceptors (Lipinski definition) is 4. The highest BCUT2D eigenvalue weighted by Crippen LogP contribution is 2.34. The van der Waals surface area contributed by atoms with Gasteiger partial charge in [-0.3, -0.25) is 14.5 Å². The second-order valence-corrected chi connectivity index (χ2v) is 7.29. The lowest BCUT2D eigenvalue weighted by Gasteiger charge is -2.33. The van der Waals surface area contributed by atoms with Crippen molar-refractivity contribution in [1.82, 2.24) is 5.32 Å². The number of carbonyl (C=O) groups excluding carboxylic acids is 2. The Labute approximate surface area is 166 Å². The zero-order valence-corrected chi connectivity index (χ0v) is 17.0. The molecule has 0 saturated carbocycles. The van der Waals surface area contributed by atoms with Crippen LogP contribution in [0.25, 0.3) is 0 Å². The summed E-state index contributed by atoms with van der Waals surface area (Å²) < 4.78 is 11.7. The van der Waals surface area contributed by atoms with E-state index in [2.05, 4.69) is 21.2 Å². The van der Waals surface area contributed by atoms with E-state index < -0.39 is 6.04 Å². The van der Waals surface area contributed by atoms with Crippen molar-refractivity contribution in [2.24, 2.45) is 0 Å². The average molecular weight is 433 g/mol. The van der Waals surface area contributed by atoms with Gasteiger partial charge in [-0.1, -0.05) is 22.0 Å². The van der Waals surface area contributed by atoms with Crippen LogP contribution >= 0.6 is 15.9 Å². The summed E-state index contributed by atoms with van der Waals surface area (Å²) >= 11 is 3.42. The van der Waals surface area contributed by atoms with Gasteiger partial charge in [0.15, 0.2) is 6.61 Å². The number of benzene rings is 2. The molecule has 6 nitrogen and oxygen atoms in total. The smallest absolute Gasteiger partial charge is 0.265 e. The predicted octanol–water partition coefficient (Wildman–Crippen LogP) is 3.20. The van der Waals surface area contributed by atoms with Crippen molar-refractivity contribution >= 4 is 33.4 Å². The van der Waals surface area contributed by atoms with E-state index >= 15 is 0 Å². The van der Waals surface area contributed by atoms with Gasteiger partial charge in [-0.25, -0.2) is 0 Å². The van der Waals surface area contributed by atoms with Crippen LogP contribution in [0.3, 0.4) is 0 Å². The minimum absolute atomic E-state index is 0.0763. The molecule has 0 aliphatic carbocycles.